The zero-order valence-electron chi connectivity index (χ0n) is 10.2. The summed E-state index contributed by atoms with van der Waals surface area (Å²) in [6, 6.07) is 9.70. The predicted octanol–water partition coefficient (Wildman–Crippen LogP) is 1.95. The Kier molecular flexibility index (Phi) is 4.00. The average Bonchev–Trinajstić information content (AvgIpc) is 2.41. The van der Waals surface area contributed by atoms with E-state index in [9.17, 15) is 0 Å². The van der Waals surface area contributed by atoms with Crippen molar-refractivity contribution in [3.8, 4) is 6.07 Å². The maximum Gasteiger partial charge on any atom is 0.0991 e. The van der Waals surface area contributed by atoms with Crippen LogP contribution in [-0.4, -0.2) is 9.97 Å². The van der Waals surface area contributed by atoms with E-state index in [1.54, 1.807) is 18.5 Å². The molecule has 18 heavy (non-hydrogen) atoms. The average molecular weight is 238 g/mol. The van der Waals surface area contributed by atoms with Crippen LogP contribution in [-0.2, 0) is 13.1 Å². The second-order valence-electron chi connectivity index (χ2n) is 4.06. The lowest BCUT2D eigenvalue weighted by atomic mass is 10.1. The normalized spacial score (nSPS) is 10.0. The molecule has 0 radical (unpaired) electrons. The first-order valence-electron chi connectivity index (χ1n) is 5.75. The van der Waals surface area contributed by atoms with Gasteiger partial charge in [0.2, 0.25) is 0 Å². The Morgan fingerprint density at radius 3 is 2.83 bits per heavy atom. The molecule has 2 aromatic rings. The van der Waals surface area contributed by atoms with Crippen LogP contribution in [0, 0.1) is 18.3 Å². The second kappa shape index (κ2) is 5.89. The molecule has 0 aliphatic rings. The van der Waals surface area contributed by atoms with Crippen molar-refractivity contribution in [3.05, 3.63) is 59.2 Å². The number of aromatic nitrogens is 2. The lowest BCUT2D eigenvalue weighted by Gasteiger charge is -2.04. The quantitative estimate of drug-likeness (QED) is 0.884. The molecule has 0 atom stereocenters. The maximum absolute atomic E-state index is 8.80. The second-order valence-corrected chi connectivity index (χ2v) is 4.06. The molecule has 2 rings (SSSR count). The van der Waals surface area contributed by atoms with Crippen molar-refractivity contribution in [2.24, 2.45) is 0 Å². The summed E-state index contributed by atoms with van der Waals surface area (Å²) >= 11 is 0. The van der Waals surface area contributed by atoms with Gasteiger partial charge in [0, 0.05) is 25.5 Å². The lowest BCUT2D eigenvalue weighted by Crippen LogP contribution is -2.14. The van der Waals surface area contributed by atoms with Crippen molar-refractivity contribution in [2.75, 3.05) is 0 Å². The molecular weight excluding hydrogens is 224 g/mol. The number of hydrogen-bond acceptors (Lipinski definition) is 4. The Bertz CT molecular complexity index is 555. The van der Waals surface area contributed by atoms with E-state index in [0.717, 1.165) is 17.0 Å². The molecule has 0 unspecified atom stereocenters. The number of aryl methyl sites for hydroxylation is 1. The zero-order valence-corrected chi connectivity index (χ0v) is 10.2. The molecule has 4 heteroatoms. The van der Waals surface area contributed by atoms with E-state index in [0.29, 0.717) is 18.7 Å². The number of nitrogens with one attached hydrogen (secondary N) is 1. The smallest absolute Gasteiger partial charge is 0.0991 e. The van der Waals surface area contributed by atoms with Gasteiger partial charge in [0.05, 0.1) is 23.0 Å². The van der Waals surface area contributed by atoms with E-state index in [1.165, 1.54) is 0 Å². The molecule has 0 amide bonds. The number of nitriles is 1. The van der Waals surface area contributed by atoms with E-state index < -0.39 is 0 Å². The molecule has 90 valence electrons. The molecule has 4 nitrogen and oxygen atoms in total. The highest BCUT2D eigenvalue weighted by molar-refractivity contribution is 5.32. The highest BCUT2D eigenvalue weighted by Crippen LogP contribution is 2.04. The van der Waals surface area contributed by atoms with Crippen LogP contribution < -0.4 is 5.32 Å². The summed E-state index contributed by atoms with van der Waals surface area (Å²) in [7, 11) is 0. The largest absolute Gasteiger partial charge is 0.307 e. The standard InChI is InChI=1S/C14H14N4/c1-11-7-18-14(10-17-11)9-16-8-13-4-2-3-12(5-13)6-15/h2-5,7,10,16H,8-9H2,1H3. The third kappa shape index (κ3) is 3.37. The van der Waals surface area contributed by atoms with Crippen molar-refractivity contribution >= 4 is 0 Å². The van der Waals surface area contributed by atoms with Crippen LogP contribution >= 0.6 is 0 Å². The van der Waals surface area contributed by atoms with Gasteiger partial charge < -0.3 is 5.32 Å². The molecule has 0 aliphatic carbocycles. The highest BCUT2D eigenvalue weighted by atomic mass is 14.9. The van der Waals surface area contributed by atoms with Gasteiger partial charge in [-0.25, -0.2) is 0 Å². The van der Waals surface area contributed by atoms with Crippen LogP contribution in [0.25, 0.3) is 0 Å². The fourth-order valence-corrected chi connectivity index (χ4v) is 1.60. The van der Waals surface area contributed by atoms with E-state index in [2.05, 4.69) is 21.4 Å². The van der Waals surface area contributed by atoms with Crippen LogP contribution in [0.1, 0.15) is 22.5 Å². The Balaban J connectivity index is 1.88. The minimum atomic E-state index is 0.671. The molecule has 1 aromatic carbocycles. The topological polar surface area (TPSA) is 61.6 Å². The van der Waals surface area contributed by atoms with E-state index in [-0.39, 0.29) is 0 Å². The van der Waals surface area contributed by atoms with Gasteiger partial charge in [-0.1, -0.05) is 12.1 Å². The van der Waals surface area contributed by atoms with Crippen LogP contribution in [0.4, 0.5) is 0 Å². The molecule has 1 aromatic heterocycles. The minimum absolute atomic E-state index is 0.671. The van der Waals surface area contributed by atoms with Crippen molar-refractivity contribution < 1.29 is 0 Å². The van der Waals surface area contributed by atoms with Crippen molar-refractivity contribution in [3.63, 3.8) is 0 Å². The summed E-state index contributed by atoms with van der Waals surface area (Å²) in [5, 5.41) is 12.1. The molecule has 1 heterocycles. The van der Waals surface area contributed by atoms with Gasteiger partial charge in [0.1, 0.15) is 0 Å². The van der Waals surface area contributed by atoms with Gasteiger partial charge in [0.25, 0.3) is 0 Å². The SMILES string of the molecule is Cc1cnc(CNCc2cccc(C#N)c2)cn1. The molecule has 0 saturated carbocycles. The highest BCUT2D eigenvalue weighted by Gasteiger charge is 1.97. The molecule has 0 aliphatic heterocycles. The van der Waals surface area contributed by atoms with Crippen LogP contribution in [0.3, 0.4) is 0 Å². The van der Waals surface area contributed by atoms with Gasteiger partial charge >= 0.3 is 0 Å². The first-order chi connectivity index (χ1) is 8.78. The summed E-state index contributed by atoms with van der Waals surface area (Å²) in [6.45, 7) is 3.30. The predicted molar refractivity (Wildman–Crippen MR) is 68.5 cm³/mol. The molecule has 0 bridgehead atoms. The fraction of sp³-hybridized carbons (Fsp3) is 0.214. The first-order valence-corrected chi connectivity index (χ1v) is 5.75. The fourth-order valence-electron chi connectivity index (χ4n) is 1.60. The Morgan fingerprint density at radius 1 is 1.22 bits per heavy atom. The molecule has 1 N–H and O–H groups in total. The van der Waals surface area contributed by atoms with E-state index in [1.807, 2.05) is 25.1 Å². The molecular formula is C14H14N4. The van der Waals surface area contributed by atoms with Gasteiger partial charge in [-0.15, -0.1) is 0 Å². The van der Waals surface area contributed by atoms with Gasteiger partial charge in [-0.2, -0.15) is 5.26 Å². The number of rotatable bonds is 4. The number of hydrogen-bond donors (Lipinski definition) is 1. The Labute approximate surface area is 106 Å². The van der Waals surface area contributed by atoms with Crippen molar-refractivity contribution in [1.82, 2.24) is 15.3 Å². The molecule has 0 saturated heterocycles. The summed E-state index contributed by atoms with van der Waals surface area (Å²) in [4.78, 5) is 8.45. The van der Waals surface area contributed by atoms with Gasteiger partial charge in [0.15, 0.2) is 0 Å². The van der Waals surface area contributed by atoms with E-state index in [4.69, 9.17) is 5.26 Å². The lowest BCUT2D eigenvalue weighted by molar-refractivity contribution is 0.676. The summed E-state index contributed by atoms with van der Waals surface area (Å²) in [6.07, 6.45) is 3.53. The van der Waals surface area contributed by atoms with Gasteiger partial charge in [-0.3, -0.25) is 9.97 Å². The van der Waals surface area contributed by atoms with Crippen molar-refractivity contribution in [2.45, 2.75) is 20.0 Å². The van der Waals surface area contributed by atoms with Gasteiger partial charge in [-0.05, 0) is 24.6 Å². The summed E-state index contributed by atoms with van der Waals surface area (Å²) in [5.41, 5.74) is 3.61. The Hall–Kier alpha value is -2.25. The summed E-state index contributed by atoms with van der Waals surface area (Å²) in [5.74, 6) is 0. The third-order valence-electron chi connectivity index (χ3n) is 2.53. The minimum Gasteiger partial charge on any atom is -0.307 e. The molecule has 0 fully saturated rings. The van der Waals surface area contributed by atoms with Crippen molar-refractivity contribution in [1.29, 1.82) is 5.26 Å². The zero-order chi connectivity index (χ0) is 12.8. The number of benzene rings is 1. The van der Waals surface area contributed by atoms with Crippen LogP contribution in [0.15, 0.2) is 36.7 Å². The molecule has 0 spiro atoms. The maximum atomic E-state index is 8.80. The summed E-state index contributed by atoms with van der Waals surface area (Å²) < 4.78 is 0. The third-order valence-corrected chi connectivity index (χ3v) is 2.53. The van der Waals surface area contributed by atoms with Crippen LogP contribution in [0.2, 0.25) is 0 Å². The van der Waals surface area contributed by atoms with E-state index >= 15 is 0 Å². The monoisotopic (exact) mass is 238 g/mol. The Morgan fingerprint density at radius 2 is 2.11 bits per heavy atom. The van der Waals surface area contributed by atoms with Crippen LogP contribution in [0.5, 0.6) is 0 Å². The first kappa shape index (κ1) is 12.2. The number of nitrogens with zero attached hydrogens (tertiary/aromatic N) is 3.